The van der Waals surface area contributed by atoms with Crippen LogP contribution in [0, 0.1) is 0 Å². The number of carbonyl (C=O) groups excluding carboxylic acids is 1. The number of thiophene rings is 1. The molecule has 1 saturated heterocycles. The highest BCUT2D eigenvalue weighted by Gasteiger charge is 2.27. The number of ether oxygens (including phenoxy) is 1. The van der Waals surface area contributed by atoms with Gasteiger partial charge in [-0.15, -0.1) is 11.3 Å². The highest BCUT2D eigenvalue weighted by Crippen LogP contribution is 2.24. The van der Waals surface area contributed by atoms with Crippen molar-refractivity contribution in [3.8, 4) is 0 Å². The first kappa shape index (κ1) is 15.5. The van der Waals surface area contributed by atoms with Crippen LogP contribution >= 0.6 is 11.3 Å². The van der Waals surface area contributed by atoms with E-state index in [0.29, 0.717) is 12.6 Å². The highest BCUT2D eigenvalue weighted by atomic mass is 32.1. The van der Waals surface area contributed by atoms with Gasteiger partial charge in [0.25, 0.3) is 0 Å². The first-order valence-electron chi connectivity index (χ1n) is 7.36. The van der Waals surface area contributed by atoms with Gasteiger partial charge in [0, 0.05) is 24.6 Å². The molecule has 1 aromatic heterocycles. The summed E-state index contributed by atoms with van der Waals surface area (Å²) in [6, 6.07) is 4.04. The fourth-order valence-corrected chi connectivity index (χ4v) is 3.29. The van der Waals surface area contributed by atoms with Crippen LogP contribution in [0.3, 0.4) is 0 Å². The summed E-state index contributed by atoms with van der Waals surface area (Å²) in [6.45, 7) is 5.03. The van der Waals surface area contributed by atoms with Crippen LogP contribution in [0.15, 0.2) is 17.5 Å². The lowest BCUT2D eigenvalue weighted by Crippen LogP contribution is -2.42. The number of piperidine rings is 1. The quantitative estimate of drug-likeness (QED) is 0.819. The third kappa shape index (κ3) is 4.04. The molecule has 5 heteroatoms. The topological polar surface area (TPSA) is 55.6 Å². The second kappa shape index (κ2) is 7.76. The molecule has 1 fully saturated rings. The van der Waals surface area contributed by atoms with E-state index in [0.717, 1.165) is 43.8 Å². The molecule has 1 aliphatic rings. The fourth-order valence-electron chi connectivity index (χ4n) is 2.51. The number of hydrogen-bond acceptors (Lipinski definition) is 4. The molecular formula is C15H24N2O2S. The van der Waals surface area contributed by atoms with Crippen LogP contribution in [0.4, 0.5) is 0 Å². The average Bonchev–Trinajstić information content (AvgIpc) is 3.01. The van der Waals surface area contributed by atoms with Gasteiger partial charge in [0.2, 0.25) is 5.91 Å². The van der Waals surface area contributed by atoms with E-state index in [4.69, 9.17) is 10.5 Å². The van der Waals surface area contributed by atoms with Gasteiger partial charge in [0.1, 0.15) is 0 Å². The van der Waals surface area contributed by atoms with Crippen molar-refractivity contribution >= 4 is 17.2 Å². The Balaban J connectivity index is 1.77. The number of amides is 1. The van der Waals surface area contributed by atoms with E-state index in [-0.39, 0.29) is 11.8 Å². The van der Waals surface area contributed by atoms with Crippen LogP contribution in [0.1, 0.15) is 37.0 Å². The van der Waals surface area contributed by atoms with Crippen molar-refractivity contribution in [2.24, 2.45) is 5.73 Å². The molecule has 112 valence electrons. The van der Waals surface area contributed by atoms with Crippen molar-refractivity contribution in [1.82, 2.24) is 4.90 Å². The molecule has 1 unspecified atom stereocenters. The van der Waals surface area contributed by atoms with Crippen molar-refractivity contribution in [3.05, 3.63) is 22.4 Å². The van der Waals surface area contributed by atoms with Gasteiger partial charge < -0.3 is 15.4 Å². The maximum Gasteiger partial charge on any atom is 0.230 e. The Kier molecular flexibility index (Phi) is 6.01. The standard InChI is InChI=1S/C15H24N2O2S/c1-12(14-4-2-11-20-14)15(18)17-8-5-13(6-9-17)19-10-3-7-16/h2,4,11-13H,3,5-10,16H2,1H3. The number of nitrogens with zero attached hydrogens (tertiary/aromatic N) is 1. The summed E-state index contributed by atoms with van der Waals surface area (Å²) >= 11 is 1.65. The molecule has 2 N–H and O–H groups in total. The Labute approximate surface area is 124 Å². The lowest BCUT2D eigenvalue weighted by Gasteiger charge is -2.33. The molecule has 20 heavy (non-hydrogen) atoms. The van der Waals surface area contributed by atoms with E-state index >= 15 is 0 Å². The van der Waals surface area contributed by atoms with Crippen molar-refractivity contribution in [2.45, 2.75) is 38.2 Å². The van der Waals surface area contributed by atoms with Crippen molar-refractivity contribution in [2.75, 3.05) is 26.2 Å². The smallest absolute Gasteiger partial charge is 0.230 e. The van der Waals surface area contributed by atoms with Crippen LogP contribution in [-0.4, -0.2) is 43.2 Å². The number of likely N-dealkylation sites (tertiary alicyclic amines) is 1. The normalized spacial score (nSPS) is 18.2. The zero-order valence-corrected chi connectivity index (χ0v) is 12.9. The molecule has 2 heterocycles. The second-order valence-electron chi connectivity index (χ2n) is 5.27. The summed E-state index contributed by atoms with van der Waals surface area (Å²) in [4.78, 5) is 15.6. The second-order valence-corrected chi connectivity index (χ2v) is 6.25. The van der Waals surface area contributed by atoms with Crippen LogP contribution in [0.25, 0.3) is 0 Å². The van der Waals surface area contributed by atoms with E-state index in [1.54, 1.807) is 11.3 Å². The lowest BCUT2D eigenvalue weighted by atomic mass is 10.0. The van der Waals surface area contributed by atoms with Gasteiger partial charge >= 0.3 is 0 Å². The van der Waals surface area contributed by atoms with E-state index in [1.807, 2.05) is 29.3 Å². The maximum absolute atomic E-state index is 12.4. The molecule has 0 aliphatic carbocycles. The molecule has 1 aliphatic heterocycles. The zero-order chi connectivity index (χ0) is 14.4. The third-order valence-corrected chi connectivity index (χ3v) is 4.85. The number of carbonyl (C=O) groups is 1. The molecule has 0 radical (unpaired) electrons. The van der Waals surface area contributed by atoms with Gasteiger partial charge in [-0.3, -0.25) is 4.79 Å². The van der Waals surface area contributed by atoms with Crippen molar-refractivity contribution < 1.29 is 9.53 Å². The predicted molar refractivity (Wildman–Crippen MR) is 82.0 cm³/mol. The maximum atomic E-state index is 12.4. The third-order valence-electron chi connectivity index (χ3n) is 3.80. The Morgan fingerprint density at radius 1 is 1.55 bits per heavy atom. The van der Waals surface area contributed by atoms with Gasteiger partial charge in [-0.05, 0) is 44.2 Å². The predicted octanol–water partition coefficient (Wildman–Crippen LogP) is 2.21. The molecule has 0 spiro atoms. The Hall–Kier alpha value is -0.910. The molecule has 2 rings (SSSR count). The van der Waals surface area contributed by atoms with E-state index < -0.39 is 0 Å². The molecular weight excluding hydrogens is 272 g/mol. The fraction of sp³-hybridized carbons (Fsp3) is 0.667. The summed E-state index contributed by atoms with van der Waals surface area (Å²) in [5.41, 5.74) is 5.45. The van der Waals surface area contributed by atoms with E-state index in [2.05, 4.69) is 0 Å². The Bertz CT molecular complexity index is 400. The molecule has 0 aromatic carbocycles. The minimum absolute atomic E-state index is 0.0234. The SMILES string of the molecule is CC(C(=O)N1CCC(OCCCN)CC1)c1cccs1. The van der Waals surface area contributed by atoms with Gasteiger partial charge in [0.15, 0.2) is 0 Å². The molecule has 0 saturated carbocycles. The van der Waals surface area contributed by atoms with Gasteiger partial charge in [-0.25, -0.2) is 0 Å². The van der Waals surface area contributed by atoms with Crippen LogP contribution in [-0.2, 0) is 9.53 Å². The monoisotopic (exact) mass is 296 g/mol. The summed E-state index contributed by atoms with van der Waals surface area (Å²) < 4.78 is 5.77. The molecule has 1 atom stereocenters. The Morgan fingerprint density at radius 2 is 2.30 bits per heavy atom. The summed E-state index contributed by atoms with van der Waals surface area (Å²) in [5.74, 6) is 0.220. The van der Waals surface area contributed by atoms with Crippen LogP contribution < -0.4 is 5.73 Å². The van der Waals surface area contributed by atoms with Crippen molar-refractivity contribution in [3.63, 3.8) is 0 Å². The number of rotatable bonds is 6. The zero-order valence-electron chi connectivity index (χ0n) is 12.1. The minimum atomic E-state index is -0.0234. The van der Waals surface area contributed by atoms with Gasteiger partial charge in [0.05, 0.1) is 12.0 Å². The lowest BCUT2D eigenvalue weighted by molar-refractivity contribution is -0.135. The largest absolute Gasteiger partial charge is 0.378 e. The van der Waals surface area contributed by atoms with E-state index in [1.165, 1.54) is 0 Å². The Morgan fingerprint density at radius 3 is 2.90 bits per heavy atom. The van der Waals surface area contributed by atoms with Crippen molar-refractivity contribution in [1.29, 1.82) is 0 Å². The molecule has 1 aromatic rings. The average molecular weight is 296 g/mol. The minimum Gasteiger partial charge on any atom is -0.378 e. The van der Waals surface area contributed by atoms with Crippen LogP contribution in [0.5, 0.6) is 0 Å². The molecule has 4 nitrogen and oxygen atoms in total. The van der Waals surface area contributed by atoms with Crippen LogP contribution in [0.2, 0.25) is 0 Å². The van der Waals surface area contributed by atoms with Gasteiger partial charge in [-0.1, -0.05) is 6.07 Å². The first-order valence-corrected chi connectivity index (χ1v) is 8.24. The highest BCUT2D eigenvalue weighted by molar-refractivity contribution is 7.10. The molecule has 0 bridgehead atoms. The molecule has 1 amide bonds. The van der Waals surface area contributed by atoms with Gasteiger partial charge in [-0.2, -0.15) is 0 Å². The summed E-state index contributed by atoms with van der Waals surface area (Å²) in [6.07, 6.45) is 3.08. The summed E-state index contributed by atoms with van der Waals surface area (Å²) in [7, 11) is 0. The number of hydrogen-bond donors (Lipinski definition) is 1. The summed E-state index contributed by atoms with van der Waals surface area (Å²) in [5, 5.41) is 2.02. The first-order chi connectivity index (χ1) is 9.72. The van der Waals surface area contributed by atoms with E-state index in [9.17, 15) is 4.79 Å². The number of nitrogens with two attached hydrogens (primary N) is 1.